The third-order valence-corrected chi connectivity index (χ3v) is 6.11. The van der Waals surface area contributed by atoms with E-state index in [0.717, 1.165) is 54.3 Å². The predicted octanol–water partition coefficient (Wildman–Crippen LogP) is 3.22. The molecule has 34 heavy (non-hydrogen) atoms. The fourth-order valence-corrected chi connectivity index (χ4v) is 4.26. The highest BCUT2D eigenvalue weighted by atomic mass is 16.5. The Morgan fingerprint density at radius 2 is 1.85 bits per heavy atom. The van der Waals surface area contributed by atoms with Gasteiger partial charge in [-0.15, -0.1) is 0 Å². The van der Waals surface area contributed by atoms with Crippen LogP contribution in [-0.4, -0.2) is 50.2 Å². The van der Waals surface area contributed by atoms with Crippen molar-refractivity contribution >= 4 is 33.7 Å². The number of nitrogens with one attached hydrogen (secondary N) is 1. The van der Waals surface area contributed by atoms with Crippen LogP contribution < -0.4 is 15.8 Å². The summed E-state index contributed by atoms with van der Waals surface area (Å²) in [7, 11) is 1.74. The molecule has 0 saturated carbocycles. The maximum Gasteiger partial charge on any atom is 0.261 e. The molecule has 1 aliphatic rings. The number of aromatic nitrogens is 5. The molecule has 9 nitrogen and oxygen atoms in total. The molecule has 5 aromatic rings. The van der Waals surface area contributed by atoms with Crippen molar-refractivity contribution in [2.45, 2.75) is 0 Å². The Morgan fingerprint density at radius 3 is 2.68 bits per heavy atom. The number of hydrogen-bond acceptors (Lipinski definition) is 7. The van der Waals surface area contributed by atoms with Crippen LogP contribution in [0.3, 0.4) is 0 Å². The van der Waals surface area contributed by atoms with E-state index in [-0.39, 0.29) is 5.56 Å². The van der Waals surface area contributed by atoms with Crippen LogP contribution in [-0.2, 0) is 11.8 Å². The molecule has 170 valence electrons. The molecule has 5 heterocycles. The van der Waals surface area contributed by atoms with E-state index in [1.165, 1.54) is 0 Å². The fourth-order valence-electron chi connectivity index (χ4n) is 4.26. The smallest absolute Gasteiger partial charge is 0.261 e. The number of fused-ring (bicyclic) bond motifs is 2. The normalized spacial score (nSPS) is 14.1. The first-order chi connectivity index (χ1) is 16.7. The van der Waals surface area contributed by atoms with Gasteiger partial charge >= 0.3 is 0 Å². The number of benzene rings is 1. The largest absolute Gasteiger partial charge is 0.378 e. The first-order valence-corrected chi connectivity index (χ1v) is 11.1. The molecule has 0 amide bonds. The van der Waals surface area contributed by atoms with Crippen LogP contribution in [0.1, 0.15) is 0 Å². The third kappa shape index (κ3) is 3.65. The standard InChI is InChI=1S/C25H23N7O2/c1-30-8-6-17-14-21(18-15-27-25-26-7-9-32(25)16-18)29-23(22(17)24(30)33)28-19-2-4-20(5-3-19)31-10-12-34-13-11-31/h2-9,14-16H,10-13H2,1H3,(H,28,29). The molecule has 0 spiro atoms. The van der Waals surface area contributed by atoms with Crippen LogP contribution in [0.5, 0.6) is 0 Å². The average Bonchev–Trinajstić information content (AvgIpc) is 3.35. The van der Waals surface area contributed by atoms with Crippen molar-refractivity contribution in [2.24, 2.45) is 7.05 Å². The van der Waals surface area contributed by atoms with E-state index in [4.69, 9.17) is 9.72 Å². The number of imidazole rings is 1. The molecule has 0 atom stereocenters. The van der Waals surface area contributed by atoms with Gasteiger partial charge in [0.1, 0.15) is 5.82 Å². The van der Waals surface area contributed by atoms with Gasteiger partial charge in [-0.25, -0.2) is 15.0 Å². The molecule has 1 fully saturated rings. The zero-order chi connectivity index (χ0) is 23.1. The minimum atomic E-state index is -0.104. The maximum absolute atomic E-state index is 13.0. The lowest BCUT2D eigenvalue weighted by Gasteiger charge is -2.28. The van der Waals surface area contributed by atoms with Crippen molar-refractivity contribution in [3.63, 3.8) is 0 Å². The predicted molar refractivity (Wildman–Crippen MR) is 132 cm³/mol. The number of aryl methyl sites for hydroxylation is 1. The Bertz CT molecular complexity index is 1550. The molecule has 0 aliphatic carbocycles. The Hall–Kier alpha value is -4.24. The van der Waals surface area contributed by atoms with Gasteiger partial charge in [0.05, 0.1) is 24.3 Å². The number of morpholine rings is 1. The molecule has 4 aromatic heterocycles. The van der Waals surface area contributed by atoms with Crippen molar-refractivity contribution < 1.29 is 4.74 Å². The van der Waals surface area contributed by atoms with Crippen molar-refractivity contribution in [3.05, 3.63) is 77.7 Å². The van der Waals surface area contributed by atoms with E-state index in [2.05, 4.69) is 32.3 Å². The van der Waals surface area contributed by atoms with Crippen LogP contribution in [0, 0.1) is 0 Å². The number of hydrogen-bond donors (Lipinski definition) is 1. The van der Waals surface area contributed by atoms with Crippen LogP contribution >= 0.6 is 0 Å². The summed E-state index contributed by atoms with van der Waals surface area (Å²) in [6, 6.07) is 12.0. The maximum atomic E-state index is 13.0. The Labute approximate surface area is 195 Å². The zero-order valence-electron chi connectivity index (χ0n) is 18.7. The van der Waals surface area contributed by atoms with E-state index < -0.39 is 0 Å². The first kappa shape index (κ1) is 20.4. The Kier molecular flexibility index (Phi) is 4.96. The highest BCUT2D eigenvalue weighted by molar-refractivity contribution is 5.95. The zero-order valence-corrected chi connectivity index (χ0v) is 18.7. The van der Waals surface area contributed by atoms with E-state index in [1.807, 2.05) is 41.1 Å². The van der Waals surface area contributed by atoms with Crippen molar-refractivity contribution in [1.29, 1.82) is 0 Å². The number of rotatable bonds is 4. The second kappa shape index (κ2) is 8.27. The van der Waals surface area contributed by atoms with Gasteiger partial charge in [-0.2, -0.15) is 0 Å². The van der Waals surface area contributed by atoms with Crippen LogP contribution in [0.2, 0.25) is 0 Å². The van der Waals surface area contributed by atoms with Crippen LogP contribution in [0.25, 0.3) is 27.8 Å². The highest BCUT2D eigenvalue weighted by Gasteiger charge is 2.15. The Balaban J connectivity index is 1.42. The molecular weight excluding hydrogens is 430 g/mol. The minimum Gasteiger partial charge on any atom is -0.378 e. The second-order valence-corrected chi connectivity index (χ2v) is 8.30. The van der Waals surface area contributed by atoms with Crippen LogP contribution in [0.15, 0.2) is 72.2 Å². The monoisotopic (exact) mass is 453 g/mol. The van der Waals surface area contributed by atoms with Gasteiger partial charge in [-0.3, -0.25) is 9.20 Å². The van der Waals surface area contributed by atoms with Gasteiger partial charge in [-0.05, 0) is 41.8 Å². The lowest BCUT2D eigenvalue weighted by molar-refractivity contribution is 0.122. The molecule has 1 aromatic carbocycles. The minimum absolute atomic E-state index is 0.104. The van der Waals surface area contributed by atoms with Crippen molar-refractivity contribution in [2.75, 3.05) is 36.5 Å². The molecule has 1 saturated heterocycles. The first-order valence-electron chi connectivity index (χ1n) is 11.1. The summed E-state index contributed by atoms with van der Waals surface area (Å²) in [5.74, 6) is 1.13. The molecule has 1 aliphatic heterocycles. The highest BCUT2D eigenvalue weighted by Crippen LogP contribution is 2.28. The third-order valence-electron chi connectivity index (χ3n) is 6.11. The second-order valence-electron chi connectivity index (χ2n) is 8.30. The molecule has 0 unspecified atom stereocenters. The molecule has 1 N–H and O–H groups in total. The van der Waals surface area contributed by atoms with E-state index in [9.17, 15) is 4.79 Å². The van der Waals surface area contributed by atoms with E-state index in [1.54, 1.807) is 30.2 Å². The lowest BCUT2D eigenvalue weighted by atomic mass is 10.1. The molecular formula is C25H23N7O2. The number of pyridine rings is 2. The van der Waals surface area contributed by atoms with E-state index in [0.29, 0.717) is 17.0 Å². The summed E-state index contributed by atoms with van der Waals surface area (Å²) in [5.41, 5.74) is 3.45. The molecule has 0 radical (unpaired) electrons. The molecule has 9 heteroatoms. The van der Waals surface area contributed by atoms with Gasteiger partial charge in [0, 0.05) is 68.1 Å². The summed E-state index contributed by atoms with van der Waals surface area (Å²) in [6.07, 6.45) is 9.01. The van der Waals surface area contributed by atoms with E-state index >= 15 is 0 Å². The lowest BCUT2D eigenvalue weighted by Crippen LogP contribution is -2.36. The average molecular weight is 454 g/mol. The number of nitrogens with zero attached hydrogens (tertiary/aromatic N) is 6. The van der Waals surface area contributed by atoms with Crippen molar-refractivity contribution in [1.82, 2.24) is 23.9 Å². The SMILES string of the molecule is Cn1ccc2cc(-c3cnc4nccn4c3)nc(Nc3ccc(N4CCOCC4)cc3)c2c1=O. The van der Waals surface area contributed by atoms with Gasteiger partial charge < -0.3 is 19.5 Å². The summed E-state index contributed by atoms with van der Waals surface area (Å²) in [6.45, 7) is 3.25. The number of ether oxygens (including phenoxy) is 1. The fraction of sp³-hybridized carbons (Fsp3) is 0.200. The topological polar surface area (TPSA) is 89.6 Å². The van der Waals surface area contributed by atoms with Gasteiger partial charge in [0.2, 0.25) is 5.78 Å². The van der Waals surface area contributed by atoms with Gasteiger partial charge in [-0.1, -0.05) is 0 Å². The van der Waals surface area contributed by atoms with Gasteiger partial charge in [0.25, 0.3) is 5.56 Å². The summed E-state index contributed by atoms with van der Waals surface area (Å²) in [4.78, 5) is 28.8. The summed E-state index contributed by atoms with van der Waals surface area (Å²) in [5, 5.41) is 4.74. The quantitative estimate of drug-likeness (QED) is 0.447. The summed E-state index contributed by atoms with van der Waals surface area (Å²) < 4.78 is 8.86. The Morgan fingerprint density at radius 1 is 1.03 bits per heavy atom. The van der Waals surface area contributed by atoms with Crippen molar-refractivity contribution in [3.8, 4) is 11.3 Å². The molecule has 6 rings (SSSR count). The van der Waals surface area contributed by atoms with Gasteiger partial charge in [0.15, 0.2) is 0 Å². The van der Waals surface area contributed by atoms with Crippen LogP contribution in [0.4, 0.5) is 17.2 Å². The molecule has 0 bridgehead atoms. The number of anilines is 3. The summed E-state index contributed by atoms with van der Waals surface area (Å²) >= 11 is 0.